The molecule has 2 N–H and O–H groups in total. The smallest absolute Gasteiger partial charge is 0.256 e. The number of amides is 3. The summed E-state index contributed by atoms with van der Waals surface area (Å²) in [5, 5.41) is 6.14. The molecule has 3 rings (SSSR count). The molecule has 2 aromatic carbocycles. The van der Waals surface area contributed by atoms with Gasteiger partial charge < -0.3 is 15.5 Å². The van der Waals surface area contributed by atoms with E-state index in [9.17, 15) is 14.4 Å². The lowest BCUT2D eigenvalue weighted by Crippen LogP contribution is -2.42. The number of likely N-dealkylation sites (tertiary alicyclic amines) is 1. The molecular weight excluding hydrogens is 438 g/mol. The molecule has 0 bridgehead atoms. The van der Waals surface area contributed by atoms with Gasteiger partial charge in [0, 0.05) is 31.0 Å². The van der Waals surface area contributed by atoms with Gasteiger partial charge in [0.25, 0.3) is 5.91 Å². The summed E-state index contributed by atoms with van der Waals surface area (Å²) in [6.07, 6.45) is 1.16. The molecular formula is C26H32ClN3O3. The van der Waals surface area contributed by atoms with Crippen molar-refractivity contribution >= 4 is 35.0 Å². The third-order valence-corrected chi connectivity index (χ3v) is 6.13. The first-order valence-corrected chi connectivity index (χ1v) is 11.8. The Morgan fingerprint density at radius 2 is 1.64 bits per heavy atom. The van der Waals surface area contributed by atoms with Gasteiger partial charge in [-0.2, -0.15) is 0 Å². The van der Waals surface area contributed by atoms with Crippen molar-refractivity contribution in [2.24, 2.45) is 11.8 Å². The highest BCUT2D eigenvalue weighted by Crippen LogP contribution is 2.27. The van der Waals surface area contributed by atoms with E-state index in [1.807, 2.05) is 42.2 Å². The lowest BCUT2D eigenvalue weighted by atomic mass is 9.91. The van der Waals surface area contributed by atoms with Gasteiger partial charge in [-0.3, -0.25) is 14.4 Å². The number of carbonyl (C=O) groups is 3. The third-order valence-electron chi connectivity index (χ3n) is 5.90. The molecule has 6 nitrogen and oxygen atoms in total. The molecule has 1 saturated heterocycles. The van der Waals surface area contributed by atoms with E-state index in [2.05, 4.69) is 24.5 Å². The lowest BCUT2D eigenvalue weighted by molar-refractivity contribution is -0.124. The molecule has 33 heavy (non-hydrogen) atoms. The van der Waals surface area contributed by atoms with Crippen molar-refractivity contribution in [3.05, 3.63) is 64.7 Å². The number of carbonyl (C=O) groups excluding carboxylic acids is 3. The molecule has 7 heteroatoms. The number of anilines is 1. The van der Waals surface area contributed by atoms with Crippen LogP contribution in [0.2, 0.25) is 5.02 Å². The Balaban J connectivity index is 1.59. The monoisotopic (exact) mass is 469 g/mol. The Labute approximate surface area is 200 Å². The van der Waals surface area contributed by atoms with Crippen molar-refractivity contribution < 1.29 is 14.4 Å². The first kappa shape index (κ1) is 24.8. The minimum atomic E-state index is -0.325. The van der Waals surface area contributed by atoms with Crippen molar-refractivity contribution in [2.45, 2.75) is 46.1 Å². The van der Waals surface area contributed by atoms with Crippen molar-refractivity contribution in [2.75, 3.05) is 18.4 Å². The van der Waals surface area contributed by atoms with Crippen LogP contribution in [0.5, 0.6) is 0 Å². The zero-order valence-corrected chi connectivity index (χ0v) is 20.2. The Morgan fingerprint density at radius 1 is 1.00 bits per heavy atom. The van der Waals surface area contributed by atoms with Gasteiger partial charge in [-0.25, -0.2) is 0 Å². The van der Waals surface area contributed by atoms with Crippen LogP contribution < -0.4 is 10.6 Å². The van der Waals surface area contributed by atoms with Gasteiger partial charge in [-0.1, -0.05) is 55.8 Å². The SMILES string of the molecule is C[C@@H]1C[C@H](C)CN(C(=O)c2cc(Cl)ccc2NC(=O)CCC(=O)N[C@@H](C)c2ccccc2)C1. The van der Waals surface area contributed by atoms with Crippen molar-refractivity contribution in [1.29, 1.82) is 0 Å². The van der Waals surface area contributed by atoms with Gasteiger partial charge in [0.2, 0.25) is 11.8 Å². The number of hydrogen-bond acceptors (Lipinski definition) is 3. The van der Waals surface area contributed by atoms with E-state index >= 15 is 0 Å². The van der Waals surface area contributed by atoms with E-state index in [0.717, 1.165) is 12.0 Å². The van der Waals surface area contributed by atoms with Crippen LogP contribution in [0, 0.1) is 11.8 Å². The topological polar surface area (TPSA) is 78.5 Å². The van der Waals surface area contributed by atoms with Gasteiger partial charge in [-0.05, 0) is 48.9 Å². The second kappa shape index (κ2) is 11.3. The van der Waals surface area contributed by atoms with Crippen LogP contribution in [0.3, 0.4) is 0 Å². The summed E-state index contributed by atoms with van der Waals surface area (Å²) in [4.78, 5) is 39.9. The molecule has 3 atom stereocenters. The number of benzene rings is 2. The minimum absolute atomic E-state index is 0.0153. The van der Waals surface area contributed by atoms with E-state index in [1.165, 1.54) is 0 Å². The van der Waals surface area contributed by atoms with Crippen molar-refractivity contribution in [3.8, 4) is 0 Å². The van der Waals surface area contributed by atoms with Crippen LogP contribution in [0.25, 0.3) is 0 Å². The maximum atomic E-state index is 13.2. The second-order valence-corrected chi connectivity index (χ2v) is 9.53. The van der Waals surface area contributed by atoms with Crippen LogP contribution in [-0.2, 0) is 9.59 Å². The third kappa shape index (κ3) is 7.06. The summed E-state index contributed by atoms with van der Waals surface area (Å²) in [7, 11) is 0. The Morgan fingerprint density at radius 3 is 2.30 bits per heavy atom. The first-order valence-electron chi connectivity index (χ1n) is 11.5. The second-order valence-electron chi connectivity index (χ2n) is 9.09. The van der Waals surface area contributed by atoms with E-state index in [-0.39, 0.29) is 36.6 Å². The number of hydrogen-bond donors (Lipinski definition) is 2. The Kier molecular flexibility index (Phi) is 8.50. The van der Waals surface area contributed by atoms with Crippen molar-refractivity contribution in [1.82, 2.24) is 10.2 Å². The molecule has 2 aromatic rings. The fourth-order valence-electron chi connectivity index (χ4n) is 4.38. The molecule has 0 saturated carbocycles. The fraction of sp³-hybridized carbons (Fsp3) is 0.423. The molecule has 1 aliphatic rings. The van der Waals surface area contributed by atoms with Crippen LogP contribution >= 0.6 is 11.6 Å². The number of rotatable bonds is 7. The predicted molar refractivity (Wildman–Crippen MR) is 131 cm³/mol. The van der Waals surface area contributed by atoms with Crippen LogP contribution in [0.15, 0.2) is 48.5 Å². The summed E-state index contributed by atoms with van der Waals surface area (Å²) in [6.45, 7) is 7.55. The Hall–Kier alpha value is -2.86. The highest BCUT2D eigenvalue weighted by Gasteiger charge is 2.28. The maximum Gasteiger partial charge on any atom is 0.256 e. The van der Waals surface area contributed by atoms with Gasteiger partial charge in [0.15, 0.2) is 0 Å². The van der Waals surface area contributed by atoms with E-state index in [4.69, 9.17) is 11.6 Å². The molecule has 1 fully saturated rings. The minimum Gasteiger partial charge on any atom is -0.350 e. The summed E-state index contributed by atoms with van der Waals surface area (Å²) in [5.41, 5.74) is 1.79. The average molecular weight is 470 g/mol. The zero-order valence-electron chi connectivity index (χ0n) is 19.4. The number of nitrogens with zero attached hydrogens (tertiary/aromatic N) is 1. The lowest BCUT2D eigenvalue weighted by Gasteiger charge is -2.35. The molecule has 0 radical (unpaired) electrons. The fourth-order valence-corrected chi connectivity index (χ4v) is 4.55. The standard InChI is InChI=1S/C26H32ClN3O3/c1-17-13-18(2)16-30(15-17)26(33)22-14-21(27)9-10-23(22)29-25(32)12-11-24(31)28-19(3)20-7-5-4-6-8-20/h4-10,14,17-19H,11-13,15-16H2,1-3H3,(H,28,31)(H,29,32)/t17-,18+,19-/m0/s1. The van der Waals surface area contributed by atoms with Crippen LogP contribution in [0.1, 0.15) is 62.0 Å². The van der Waals surface area contributed by atoms with Gasteiger partial charge >= 0.3 is 0 Å². The van der Waals surface area contributed by atoms with Crippen LogP contribution in [0.4, 0.5) is 5.69 Å². The van der Waals surface area contributed by atoms with Crippen molar-refractivity contribution in [3.63, 3.8) is 0 Å². The highest BCUT2D eigenvalue weighted by atomic mass is 35.5. The molecule has 0 aromatic heterocycles. The summed E-state index contributed by atoms with van der Waals surface area (Å²) in [6, 6.07) is 14.4. The molecule has 0 aliphatic carbocycles. The molecule has 3 amide bonds. The zero-order chi connectivity index (χ0) is 24.0. The maximum absolute atomic E-state index is 13.2. The van der Waals surface area contributed by atoms with E-state index in [0.29, 0.717) is 41.2 Å². The molecule has 0 unspecified atom stereocenters. The van der Waals surface area contributed by atoms with Gasteiger partial charge in [0.1, 0.15) is 0 Å². The molecule has 1 aliphatic heterocycles. The summed E-state index contributed by atoms with van der Waals surface area (Å²) < 4.78 is 0. The largest absolute Gasteiger partial charge is 0.350 e. The van der Waals surface area contributed by atoms with E-state index in [1.54, 1.807) is 18.2 Å². The molecule has 1 heterocycles. The number of nitrogens with one attached hydrogen (secondary N) is 2. The molecule has 176 valence electrons. The summed E-state index contributed by atoms with van der Waals surface area (Å²) in [5.74, 6) is 0.179. The number of halogens is 1. The number of piperidine rings is 1. The average Bonchev–Trinajstić information content (AvgIpc) is 2.78. The van der Waals surface area contributed by atoms with Gasteiger partial charge in [0.05, 0.1) is 17.3 Å². The normalized spacial score (nSPS) is 19.0. The quantitative estimate of drug-likeness (QED) is 0.595. The summed E-state index contributed by atoms with van der Waals surface area (Å²) >= 11 is 6.16. The van der Waals surface area contributed by atoms with Crippen LogP contribution in [-0.4, -0.2) is 35.7 Å². The highest BCUT2D eigenvalue weighted by molar-refractivity contribution is 6.31. The first-order chi connectivity index (χ1) is 15.7. The molecule has 0 spiro atoms. The predicted octanol–water partition coefficient (Wildman–Crippen LogP) is 5.05. The Bertz CT molecular complexity index is 986. The van der Waals surface area contributed by atoms with Gasteiger partial charge in [-0.15, -0.1) is 0 Å². The van der Waals surface area contributed by atoms with E-state index < -0.39 is 0 Å².